The van der Waals surface area contributed by atoms with Crippen LogP contribution in [0, 0.1) is 5.41 Å². The second-order valence-electron chi connectivity index (χ2n) is 6.27. The summed E-state index contributed by atoms with van der Waals surface area (Å²) in [6, 6.07) is 7.51. The average Bonchev–Trinajstić information content (AvgIpc) is 2.97. The Morgan fingerprint density at radius 2 is 2.21 bits per heavy atom. The molecule has 7 heteroatoms. The number of nitrogens with zero attached hydrogens (tertiary/aromatic N) is 1. The number of carbonyl (C=O) groups excluding carboxylic acids is 1. The first-order chi connectivity index (χ1) is 11.1. The van der Waals surface area contributed by atoms with E-state index in [2.05, 4.69) is 15.5 Å². The lowest BCUT2D eigenvalue weighted by Gasteiger charge is -2.26. The molecule has 1 heterocycles. The molecule has 0 aromatic heterocycles. The molecule has 1 amide bonds. The molecule has 0 aliphatic carbocycles. The molecule has 1 unspecified atom stereocenters. The van der Waals surface area contributed by atoms with Gasteiger partial charge in [-0.3, -0.25) is 4.79 Å². The van der Waals surface area contributed by atoms with Gasteiger partial charge in [0.25, 0.3) is 0 Å². The third-order valence-corrected chi connectivity index (χ3v) is 4.05. The fourth-order valence-corrected chi connectivity index (χ4v) is 2.68. The molecule has 6 nitrogen and oxygen atoms in total. The highest BCUT2D eigenvalue weighted by molar-refractivity contribution is 5.96. The Hall–Kier alpha value is -1.34. The zero-order chi connectivity index (χ0) is 16.7. The Morgan fingerprint density at radius 1 is 1.42 bits per heavy atom. The number of ether oxygens (including phenoxy) is 2. The van der Waals surface area contributed by atoms with E-state index in [1.165, 1.54) is 0 Å². The summed E-state index contributed by atoms with van der Waals surface area (Å²) in [4.78, 5) is 14.7. The van der Waals surface area contributed by atoms with Gasteiger partial charge in [-0.15, -0.1) is 12.4 Å². The van der Waals surface area contributed by atoms with Crippen molar-refractivity contribution in [2.75, 3.05) is 59.4 Å². The minimum Gasteiger partial charge on any atom is -0.492 e. The van der Waals surface area contributed by atoms with Crippen LogP contribution in [0.2, 0.25) is 0 Å². The van der Waals surface area contributed by atoms with Crippen LogP contribution in [0.5, 0.6) is 5.75 Å². The molecule has 2 N–H and O–H groups in total. The van der Waals surface area contributed by atoms with Gasteiger partial charge < -0.3 is 25.0 Å². The van der Waals surface area contributed by atoms with Gasteiger partial charge in [-0.2, -0.15) is 0 Å². The summed E-state index contributed by atoms with van der Waals surface area (Å²) >= 11 is 0. The van der Waals surface area contributed by atoms with Crippen molar-refractivity contribution in [2.45, 2.75) is 6.42 Å². The zero-order valence-electron chi connectivity index (χ0n) is 14.6. The molecule has 24 heavy (non-hydrogen) atoms. The first-order valence-electron chi connectivity index (χ1n) is 7.94. The van der Waals surface area contributed by atoms with Crippen molar-refractivity contribution in [1.82, 2.24) is 10.2 Å². The van der Waals surface area contributed by atoms with Gasteiger partial charge in [0.05, 0.1) is 12.0 Å². The molecule has 1 aliphatic rings. The summed E-state index contributed by atoms with van der Waals surface area (Å²) in [6.07, 6.45) is 0.783. The van der Waals surface area contributed by atoms with Crippen LogP contribution in [0.3, 0.4) is 0 Å². The molecule has 0 radical (unpaired) electrons. The van der Waals surface area contributed by atoms with E-state index in [4.69, 9.17) is 9.47 Å². The van der Waals surface area contributed by atoms with Gasteiger partial charge in [0.1, 0.15) is 12.4 Å². The van der Waals surface area contributed by atoms with Crippen molar-refractivity contribution in [3.63, 3.8) is 0 Å². The lowest BCUT2D eigenvalue weighted by molar-refractivity contribution is -0.127. The van der Waals surface area contributed by atoms with Crippen LogP contribution in [0.1, 0.15) is 6.42 Å². The molecule has 1 aromatic rings. The van der Waals surface area contributed by atoms with E-state index in [1.54, 1.807) is 7.11 Å². The number of hydrogen-bond acceptors (Lipinski definition) is 5. The molecule has 1 saturated heterocycles. The van der Waals surface area contributed by atoms with Gasteiger partial charge in [-0.1, -0.05) is 6.07 Å². The predicted octanol–water partition coefficient (Wildman–Crippen LogP) is 1.61. The molecular weight excluding hydrogens is 330 g/mol. The van der Waals surface area contributed by atoms with E-state index in [1.807, 2.05) is 38.4 Å². The predicted molar refractivity (Wildman–Crippen MR) is 98.2 cm³/mol. The summed E-state index contributed by atoms with van der Waals surface area (Å²) in [7, 11) is 5.64. The Kier molecular flexibility index (Phi) is 8.48. The Bertz CT molecular complexity index is 520. The van der Waals surface area contributed by atoms with Crippen LogP contribution < -0.4 is 15.4 Å². The highest BCUT2D eigenvalue weighted by atomic mass is 35.5. The van der Waals surface area contributed by atoms with Crippen LogP contribution in [-0.2, 0) is 9.53 Å². The number of rotatable bonds is 8. The van der Waals surface area contributed by atoms with Crippen molar-refractivity contribution < 1.29 is 14.3 Å². The lowest BCUT2D eigenvalue weighted by Crippen LogP contribution is -2.41. The number of likely N-dealkylation sites (N-methyl/N-ethyl adjacent to an activating group) is 1. The molecule has 0 spiro atoms. The average molecular weight is 358 g/mol. The topological polar surface area (TPSA) is 62.8 Å². The second kappa shape index (κ2) is 9.84. The maximum Gasteiger partial charge on any atom is 0.234 e. The fourth-order valence-electron chi connectivity index (χ4n) is 2.68. The van der Waals surface area contributed by atoms with E-state index in [-0.39, 0.29) is 18.3 Å². The van der Waals surface area contributed by atoms with E-state index in [0.717, 1.165) is 30.9 Å². The van der Waals surface area contributed by atoms with Gasteiger partial charge in [-0.25, -0.2) is 0 Å². The molecule has 1 aromatic carbocycles. The number of nitrogens with one attached hydrogen (secondary N) is 2. The Balaban J connectivity index is 0.00000288. The van der Waals surface area contributed by atoms with Crippen molar-refractivity contribution >= 4 is 24.0 Å². The number of methoxy groups -OCH3 is 1. The highest BCUT2D eigenvalue weighted by Crippen LogP contribution is 2.28. The van der Waals surface area contributed by atoms with Gasteiger partial charge in [0.15, 0.2) is 0 Å². The maximum atomic E-state index is 12.7. The molecule has 136 valence electrons. The number of anilines is 1. The Morgan fingerprint density at radius 3 is 2.83 bits per heavy atom. The molecular formula is C17H28ClN3O3. The number of benzene rings is 1. The standard InChI is InChI=1S/C17H27N3O3.ClH/c1-20(2)9-10-23-15-6-4-5-14(11-15)19-16(21)17(13-22-3)7-8-18-12-17;/h4-6,11,18H,7-10,12-13H2,1-3H3,(H,19,21);1H. The molecule has 0 saturated carbocycles. The fraction of sp³-hybridized carbons (Fsp3) is 0.588. The monoisotopic (exact) mass is 357 g/mol. The smallest absolute Gasteiger partial charge is 0.234 e. The van der Waals surface area contributed by atoms with Gasteiger partial charge in [0.2, 0.25) is 5.91 Å². The number of halogens is 1. The summed E-state index contributed by atoms with van der Waals surface area (Å²) in [5.74, 6) is 0.754. The third-order valence-electron chi connectivity index (χ3n) is 4.05. The van der Waals surface area contributed by atoms with Gasteiger partial charge in [-0.05, 0) is 39.2 Å². The summed E-state index contributed by atoms with van der Waals surface area (Å²) < 4.78 is 11.0. The van der Waals surface area contributed by atoms with E-state index >= 15 is 0 Å². The van der Waals surface area contributed by atoms with Crippen LogP contribution in [-0.4, -0.2) is 64.9 Å². The lowest BCUT2D eigenvalue weighted by atomic mass is 9.87. The Labute approximate surface area is 150 Å². The number of hydrogen-bond donors (Lipinski definition) is 2. The van der Waals surface area contributed by atoms with Crippen molar-refractivity contribution in [3.8, 4) is 5.75 Å². The van der Waals surface area contributed by atoms with Crippen LogP contribution in [0.15, 0.2) is 24.3 Å². The number of amides is 1. The first kappa shape index (κ1) is 20.7. The SMILES string of the molecule is COCC1(C(=O)Nc2cccc(OCCN(C)C)c2)CCNC1.Cl. The first-order valence-corrected chi connectivity index (χ1v) is 7.94. The maximum absolute atomic E-state index is 12.7. The van der Waals surface area contributed by atoms with E-state index in [9.17, 15) is 4.79 Å². The molecule has 2 rings (SSSR count). The van der Waals surface area contributed by atoms with E-state index in [0.29, 0.717) is 19.8 Å². The normalized spacial score (nSPS) is 19.8. The minimum absolute atomic E-state index is 0. The molecule has 1 fully saturated rings. The largest absolute Gasteiger partial charge is 0.492 e. The molecule has 1 aliphatic heterocycles. The minimum atomic E-state index is -0.490. The second-order valence-corrected chi connectivity index (χ2v) is 6.27. The summed E-state index contributed by atoms with van der Waals surface area (Å²) in [5.41, 5.74) is 0.260. The van der Waals surface area contributed by atoms with E-state index < -0.39 is 5.41 Å². The molecule has 1 atom stereocenters. The van der Waals surface area contributed by atoms with Crippen molar-refractivity contribution in [1.29, 1.82) is 0 Å². The van der Waals surface area contributed by atoms with Crippen molar-refractivity contribution in [3.05, 3.63) is 24.3 Å². The van der Waals surface area contributed by atoms with Crippen LogP contribution in [0.25, 0.3) is 0 Å². The number of carbonyl (C=O) groups is 1. The van der Waals surface area contributed by atoms with Crippen molar-refractivity contribution in [2.24, 2.45) is 5.41 Å². The third kappa shape index (κ3) is 5.63. The quantitative estimate of drug-likeness (QED) is 0.740. The van der Waals surface area contributed by atoms with Gasteiger partial charge in [0, 0.05) is 32.0 Å². The van der Waals surface area contributed by atoms with Crippen LogP contribution in [0.4, 0.5) is 5.69 Å². The summed E-state index contributed by atoms with van der Waals surface area (Å²) in [6.45, 7) is 3.36. The zero-order valence-corrected chi connectivity index (χ0v) is 15.4. The van der Waals surface area contributed by atoms with Gasteiger partial charge >= 0.3 is 0 Å². The highest BCUT2D eigenvalue weighted by Gasteiger charge is 2.41. The summed E-state index contributed by atoms with van der Waals surface area (Å²) in [5, 5.41) is 6.24. The van der Waals surface area contributed by atoms with Crippen LogP contribution >= 0.6 is 12.4 Å². The molecule has 0 bridgehead atoms.